The van der Waals surface area contributed by atoms with Gasteiger partial charge in [0.05, 0.1) is 6.20 Å². The third-order valence-corrected chi connectivity index (χ3v) is 2.89. The van der Waals surface area contributed by atoms with Crippen LogP contribution >= 0.6 is 0 Å². The van der Waals surface area contributed by atoms with Gasteiger partial charge in [-0.25, -0.2) is 4.98 Å². The van der Waals surface area contributed by atoms with Crippen LogP contribution in [0, 0.1) is 0 Å². The number of hydrogen-bond acceptors (Lipinski definition) is 3. The van der Waals surface area contributed by atoms with E-state index in [0.717, 1.165) is 37.5 Å². The van der Waals surface area contributed by atoms with E-state index in [1.54, 1.807) is 0 Å². The second kappa shape index (κ2) is 6.20. The molecule has 0 bridgehead atoms. The number of rotatable bonds is 6. The van der Waals surface area contributed by atoms with Gasteiger partial charge in [-0.05, 0) is 40.2 Å². The van der Waals surface area contributed by atoms with Crippen molar-refractivity contribution in [2.24, 2.45) is 0 Å². The van der Waals surface area contributed by atoms with Gasteiger partial charge in [0.1, 0.15) is 5.76 Å². The maximum Gasteiger partial charge on any atom is 0.194 e. The van der Waals surface area contributed by atoms with Crippen LogP contribution in [0.4, 0.5) is 0 Å². The van der Waals surface area contributed by atoms with E-state index in [9.17, 15) is 0 Å². The largest absolute Gasteiger partial charge is 0.445 e. The molecule has 1 atom stereocenters. The van der Waals surface area contributed by atoms with Gasteiger partial charge in [0.2, 0.25) is 0 Å². The second-order valence-electron chi connectivity index (χ2n) is 5.75. The molecule has 0 aliphatic carbocycles. The highest BCUT2D eigenvalue weighted by atomic mass is 16.4. The zero-order valence-electron chi connectivity index (χ0n) is 11.8. The normalized spacial score (nSPS) is 13.9. The quantitative estimate of drug-likeness (QED) is 0.771. The van der Waals surface area contributed by atoms with Gasteiger partial charge in [-0.3, -0.25) is 0 Å². The average molecular weight is 238 g/mol. The fourth-order valence-electron chi connectivity index (χ4n) is 1.57. The van der Waals surface area contributed by atoms with E-state index in [0.29, 0.717) is 5.92 Å². The van der Waals surface area contributed by atoms with E-state index in [2.05, 4.69) is 44.9 Å². The first-order chi connectivity index (χ1) is 7.92. The smallest absolute Gasteiger partial charge is 0.194 e. The summed E-state index contributed by atoms with van der Waals surface area (Å²) in [7, 11) is 0. The minimum atomic E-state index is 0.193. The van der Waals surface area contributed by atoms with E-state index in [-0.39, 0.29) is 5.54 Å². The zero-order chi connectivity index (χ0) is 12.9. The Morgan fingerprint density at radius 3 is 2.71 bits per heavy atom. The highest BCUT2D eigenvalue weighted by Gasteiger charge is 2.11. The van der Waals surface area contributed by atoms with E-state index in [1.807, 2.05) is 6.20 Å². The maximum absolute atomic E-state index is 5.73. The molecule has 98 valence electrons. The number of aromatic nitrogens is 1. The average Bonchev–Trinajstić information content (AvgIpc) is 2.70. The number of nitrogens with zero attached hydrogens (tertiary/aromatic N) is 1. The Kier molecular flexibility index (Phi) is 5.19. The van der Waals surface area contributed by atoms with Crippen molar-refractivity contribution in [3.05, 3.63) is 17.8 Å². The van der Waals surface area contributed by atoms with Crippen molar-refractivity contribution in [2.75, 3.05) is 6.54 Å². The fourth-order valence-corrected chi connectivity index (χ4v) is 1.57. The van der Waals surface area contributed by atoms with Crippen molar-refractivity contribution < 1.29 is 4.42 Å². The third-order valence-electron chi connectivity index (χ3n) is 2.89. The van der Waals surface area contributed by atoms with E-state index in [1.165, 1.54) is 0 Å². The minimum absolute atomic E-state index is 0.193. The first-order valence-corrected chi connectivity index (χ1v) is 6.62. The Morgan fingerprint density at radius 1 is 1.41 bits per heavy atom. The van der Waals surface area contributed by atoms with Crippen molar-refractivity contribution >= 4 is 0 Å². The molecule has 0 amide bonds. The monoisotopic (exact) mass is 238 g/mol. The predicted molar refractivity (Wildman–Crippen MR) is 71.3 cm³/mol. The summed E-state index contributed by atoms with van der Waals surface area (Å²) in [4.78, 5) is 4.32. The molecule has 0 aliphatic rings. The molecule has 1 rings (SSSR count). The third kappa shape index (κ3) is 5.35. The zero-order valence-corrected chi connectivity index (χ0v) is 11.8. The Hall–Kier alpha value is -0.830. The summed E-state index contributed by atoms with van der Waals surface area (Å²) in [5.74, 6) is 2.37. The Labute approximate surface area is 105 Å². The van der Waals surface area contributed by atoms with Gasteiger partial charge in [-0.1, -0.05) is 13.8 Å². The Balaban J connectivity index is 2.30. The van der Waals surface area contributed by atoms with Crippen LogP contribution in [0.2, 0.25) is 0 Å². The van der Waals surface area contributed by atoms with Gasteiger partial charge in [0.25, 0.3) is 0 Å². The summed E-state index contributed by atoms with van der Waals surface area (Å²) < 4.78 is 5.73. The van der Waals surface area contributed by atoms with Gasteiger partial charge < -0.3 is 9.73 Å². The van der Waals surface area contributed by atoms with E-state index < -0.39 is 0 Å². The molecule has 17 heavy (non-hydrogen) atoms. The van der Waals surface area contributed by atoms with Crippen molar-refractivity contribution in [3.8, 4) is 0 Å². The number of aryl methyl sites for hydroxylation is 1. The van der Waals surface area contributed by atoms with Crippen LogP contribution in [-0.2, 0) is 6.42 Å². The van der Waals surface area contributed by atoms with Crippen LogP contribution in [0.25, 0.3) is 0 Å². The van der Waals surface area contributed by atoms with Crippen molar-refractivity contribution in [1.82, 2.24) is 10.3 Å². The summed E-state index contributed by atoms with van der Waals surface area (Å²) in [6.07, 6.45) is 4.96. The van der Waals surface area contributed by atoms with Crippen LogP contribution in [0.3, 0.4) is 0 Å². The van der Waals surface area contributed by atoms with Crippen LogP contribution in [-0.4, -0.2) is 17.1 Å². The SMILES string of the molecule is CCC(C)c1cnc(CCCNC(C)(C)C)o1. The molecule has 0 aromatic carbocycles. The number of nitrogens with one attached hydrogen (secondary N) is 1. The number of hydrogen-bond donors (Lipinski definition) is 1. The van der Waals surface area contributed by atoms with Crippen LogP contribution < -0.4 is 5.32 Å². The number of oxazole rings is 1. The molecule has 1 aromatic heterocycles. The summed E-state index contributed by atoms with van der Waals surface area (Å²) in [6.45, 7) is 11.9. The molecule has 3 nitrogen and oxygen atoms in total. The topological polar surface area (TPSA) is 38.1 Å². The molecule has 0 aliphatic heterocycles. The van der Waals surface area contributed by atoms with E-state index in [4.69, 9.17) is 4.42 Å². The molecule has 0 saturated heterocycles. The van der Waals surface area contributed by atoms with Crippen LogP contribution in [0.15, 0.2) is 10.6 Å². The first kappa shape index (κ1) is 14.2. The highest BCUT2D eigenvalue weighted by Crippen LogP contribution is 2.19. The lowest BCUT2D eigenvalue weighted by Gasteiger charge is -2.20. The molecule has 3 heteroatoms. The van der Waals surface area contributed by atoms with Gasteiger partial charge in [0, 0.05) is 17.9 Å². The Morgan fingerprint density at radius 2 is 2.12 bits per heavy atom. The molecule has 1 N–H and O–H groups in total. The van der Waals surface area contributed by atoms with Crippen LogP contribution in [0.1, 0.15) is 65.0 Å². The summed E-state index contributed by atoms with van der Waals surface area (Å²) >= 11 is 0. The summed E-state index contributed by atoms with van der Waals surface area (Å²) in [5, 5.41) is 3.46. The first-order valence-electron chi connectivity index (χ1n) is 6.62. The van der Waals surface area contributed by atoms with Gasteiger partial charge in [-0.2, -0.15) is 0 Å². The molecule has 1 aromatic rings. The highest BCUT2D eigenvalue weighted by molar-refractivity contribution is 5.00. The molecule has 1 heterocycles. The van der Waals surface area contributed by atoms with Crippen LogP contribution in [0.5, 0.6) is 0 Å². The summed E-state index contributed by atoms with van der Waals surface area (Å²) in [6, 6.07) is 0. The van der Waals surface area contributed by atoms with Gasteiger partial charge in [-0.15, -0.1) is 0 Å². The summed E-state index contributed by atoms with van der Waals surface area (Å²) in [5.41, 5.74) is 0.193. The Bertz CT molecular complexity index is 325. The lowest BCUT2D eigenvalue weighted by molar-refractivity contribution is 0.398. The molecular weight excluding hydrogens is 212 g/mol. The predicted octanol–water partition coefficient (Wildman–Crippen LogP) is 3.51. The molecule has 1 unspecified atom stereocenters. The standard InChI is InChI=1S/C14H26N2O/c1-6-11(2)12-10-15-13(17-12)8-7-9-16-14(3,4)5/h10-11,16H,6-9H2,1-5H3. The molecule has 0 saturated carbocycles. The minimum Gasteiger partial charge on any atom is -0.445 e. The maximum atomic E-state index is 5.73. The molecular formula is C14H26N2O. The fraction of sp³-hybridized carbons (Fsp3) is 0.786. The lowest BCUT2D eigenvalue weighted by atomic mass is 10.1. The van der Waals surface area contributed by atoms with Crippen molar-refractivity contribution in [1.29, 1.82) is 0 Å². The second-order valence-corrected chi connectivity index (χ2v) is 5.75. The van der Waals surface area contributed by atoms with Crippen molar-refractivity contribution in [3.63, 3.8) is 0 Å². The van der Waals surface area contributed by atoms with Gasteiger partial charge >= 0.3 is 0 Å². The van der Waals surface area contributed by atoms with Gasteiger partial charge in [0.15, 0.2) is 5.89 Å². The molecule has 0 spiro atoms. The molecule has 0 fully saturated rings. The lowest BCUT2D eigenvalue weighted by Crippen LogP contribution is -2.36. The van der Waals surface area contributed by atoms with Crippen molar-refractivity contribution in [2.45, 2.75) is 65.3 Å². The molecule has 0 radical (unpaired) electrons. The van der Waals surface area contributed by atoms with E-state index >= 15 is 0 Å².